The van der Waals surface area contributed by atoms with Crippen LogP contribution < -0.4 is 0 Å². The molecule has 2 aliphatic rings. The van der Waals surface area contributed by atoms with Gasteiger partial charge in [0.15, 0.2) is 0 Å². The Hall–Kier alpha value is -1.51. The van der Waals surface area contributed by atoms with Gasteiger partial charge in [-0.1, -0.05) is 6.58 Å². The zero-order valence-electron chi connectivity index (χ0n) is 9.45. The van der Waals surface area contributed by atoms with E-state index in [4.69, 9.17) is 9.84 Å². The number of carboxylic acid groups (broad SMARTS) is 1. The molecule has 1 N–H and O–H groups in total. The van der Waals surface area contributed by atoms with Gasteiger partial charge in [-0.15, -0.1) is 0 Å². The van der Waals surface area contributed by atoms with Crippen molar-refractivity contribution in [1.29, 1.82) is 0 Å². The molecule has 0 bridgehead atoms. The molecule has 0 aromatic rings. The lowest BCUT2D eigenvalue weighted by molar-refractivity contribution is -0.131. The molecule has 0 atom stereocenters. The molecular weight excluding hydrogens is 204 g/mol. The van der Waals surface area contributed by atoms with Crippen LogP contribution in [0.2, 0.25) is 0 Å². The Balaban J connectivity index is 0.000000221. The van der Waals surface area contributed by atoms with Gasteiger partial charge in [0, 0.05) is 18.9 Å². The molecule has 0 saturated heterocycles. The van der Waals surface area contributed by atoms with Gasteiger partial charge in [-0.2, -0.15) is 0 Å². The molecule has 0 spiro atoms. The van der Waals surface area contributed by atoms with Crippen LogP contribution >= 0.6 is 0 Å². The molecule has 88 valence electrons. The Morgan fingerprint density at radius 2 is 1.69 bits per heavy atom. The van der Waals surface area contributed by atoms with Gasteiger partial charge in [-0.05, 0) is 37.8 Å². The van der Waals surface area contributed by atoms with Crippen molar-refractivity contribution in [1.82, 2.24) is 0 Å². The van der Waals surface area contributed by atoms with Crippen molar-refractivity contribution < 1.29 is 14.6 Å². The summed E-state index contributed by atoms with van der Waals surface area (Å²) in [6, 6.07) is 0. The summed E-state index contributed by atoms with van der Waals surface area (Å²) in [6.07, 6.45) is 12.6. The first-order valence-electron chi connectivity index (χ1n) is 5.63. The molecule has 3 nitrogen and oxygen atoms in total. The molecule has 0 amide bonds. The van der Waals surface area contributed by atoms with E-state index in [1.165, 1.54) is 37.2 Å². The van der Waals surface area contributed by atoms with Crippen molar-refractivity contribution in [2.24, 2.45) is 0 Å². The van der Waals surface area contributed by atoms with Crippen LogP contribution in [0.1, 0.15) is 38.5 Å². The molecule has 0 aromatic carbocycles. The second kappa shape index (κ2) is 6.88. The van der Waals surface area contributed by atoms with Crippen LogP contribution in [0.5, 0.6) is 0 Å². The van der Waals surface area contributed by atoms with Gasteiger partial charge >= 0.3 is 5.97 Å². The number of hydrogen-bond acceptors (Lipinski definition) is 2. The number of carbonyl (C=O) groups is 1. The molecule has 0 aliphatic heterocycles. The van der Waals surface area contributed by atoms with E-state index in [-0.39, 0.29) is 0 Å². The Morgan fingerprint density at radius 1 is 1.25 bits per heavy atom. The van der Waals surface area contributed by atoms with E-state index in [2.05, 4.69) is 18.7 Å². The molecule has 0 heterocycles. The third kappa shape index (κ3) is 4.82. The second-order valence-corrected chi connectivity index (χ2v) is 3.77. The SMILES string of the molecule is C1=C(OC2=CCCC2)CCC1.C=CC(=O)O. The fraction of sp³-hybridized carbons (Fsp3) is 0.462. The lowest BCUT2D eigenvalue weighted by atomic mass is 10.3. The number of carboxylic acids is 1. The monoisotopic (exact) mass is 222 g/mol. The van der Waals surface area contributed by atoms with Crippen LogP contribution in [0.4, 0.5) is 0 Å². The summed E-state index contributed by atoms with van der Waals surface area (Å²) in [4.78, 5) is 9.25. The molecule has 2 aliphatic carbocycles. The first-order valence-corrected chi connectivity index (χ1v) is 5.63. The van der Waals surface area contributed by atoms with Crippen molar-refractivity contribution in [3.8, 4) is 0 Å². The summed E-state index contributed by atoms with van der Waals surface area (Å²) in [5.41, 5.74) is 0. The average Bonchev–Trinajstić information content (AvgIpc) is 2.92. The van der Waals surface area contributed by atoms with E-state index >= 15 is 0 Å². The largest absolute Gasteiger partial charge is 0.478 e. The molecule has 2 rings (SSSR count). The fourth-order valence-electron chi connectivity index (χ4n) is 1.64. The minimum atomic E-state index is -0.981. The highest BCUT2D eigenvalue weighted by molar-refractivity contribution is 5.78. The summed E-state index contributed by atoms with van der Waals surface area (Å²) < 4.78 is 5.69. The van der Waals surface area contributed by atoms with Gasteiger partial charge in [0.25, 0.3) is 0 Å². The number of allylic oxidation sites excluding steroid dienone is 4. The van der Waals surface area contributed by atoms with Crippen LogP contribution in [-0.4, -0.2) is 11.1 Å². The smallest absolute Gasteiger partial charge is 0.327 e. The van der Waals surface area contributed by atoms with Crippen LogP contribution in [0.25, 0.3) is 0 Å². The van der Waals surface area contributed by atoms with Gasteiger partial charge in [0.05, 0.1) is 11.5 Å². The fourth-order valence-corrected chi connectivity index (χ4v) is 1.64. The molecule has 0 radical (unpaired) electrons. The maximum atomic E-state index is 9.25. The topological polar surface area (TPSA) is 46.5 Å². The van der Waals surface area contributed by atoms with Crippen molar-refractivity contribution in [3.05, 3.63) is 36.3 Å². The number of rotatable bonds is 3. The summed E-state index contributed by atoms with van der Waals surface area (Å²) in [5, 5.41) is 7.60. The number of ether oxygens (including phenoxy) is 1. The Morgan fingerprint density at radius 3 is 1.94 bits per heavy atom. The second-order valence-electron chi connectivity index (χ2n) is 3.77. The summed E-state index contributed by atoms with van der Waals surface area (Å²) in [5.74, 6) is 1.43. The van der Waals surface area contributed by atoms with Crippen LogP contribution in [-0.2, 0) is 9.53 Å². The predicted octanol–water partition coefficient (Wildman–Crippen LogP) is 3.40. The number of aliphatic carboxylic acids is 1. The van der Waals surface area contributed by atoms with Gasteiger partial charge in [-0.25, -0.2) is 4.79 Å². The van der Waals surface area contributed by atoms with E-state index in [9.17, 15) is 4.79 Å². The maximum Gasteiger partial charge on any atom is 0.327 e. The van der Waals surface area contributed by atoms with Crippen molar-refractivity contribution >= 4 is 5.97 Å². The average molecular weight is 222 g/mol. The van der Waals surface area contributed by atoms with E-state index < -0.39 is 5.97 Å². The quantitative estimate of drug-likeness (QED) is 0.744. The minimum Gasteiger partial charge on any atom is -0.478 e. The predicted molar refractivity (Wildman–Crippen MR) is 62.8 cm³/mol. The summed E-state index contributed by atoms with van der Waals surface area (Å²) in [7, 11) is 0. The third-order valence-corrected chi connectivity index (χ3v) is 2.44. The highest BCUT2D eigenvalue weighted by atomic mass is 16.5. The minimum absolute atomic E-state index is 0.833. The highest BCUT2D eigenvalue weighted by Gasteiger charge is 2.10. The molecular formula is C13H18O3. The van der Waals surface area contributed by atoms with Gasteiger partial charge < -0.3 is 9.84 Å². The van der Waals surface area contributed by atoms with E-state index in [1.807, 2.05) is 0 Å². The van der Waals surface area contributed by atoms with Crippen molar-refractivity contribution in [3.63, 3.8) is 0 Å². The first kappa shape index (κ1) is 12.6. The molecule has 16 heavy (non-hydrogen) atoms. The van der Waals surface area contributed by atoms with E-state index in [1.54, 1.807) is 0 Å². The van der Waals surface area contributed by atoms with E-state index in [0.717, 1.165) is 18.9 Å². The molecule has 0 saturated carbocycles. The van der Waals surface area contributed by atoms with Gasteiger partial charge in [-0.3, -0.25) is 0 Å². The van der Waals surface area contributed by atoms with Crippen molar-refractivity contribution in [2.75, 3.05) is 0 Å². The van der Waals surface area contributed by atoms with E-state index in [0.29, 0.717) is 0 Å². The Bertz CT molecular complexity index is 291. The lowest BCUT2D eigenvalue weighted by Gasteiger charge is -2.05. The standard InChI is InChI=1S/C10H14O.C3H4O2/c1-2-6-9(5-1)11-10-7-3-4-8-10;1-2-3(4)5/h5,7H,1-4,6,8H2;2H,1H2,(H,4,5). The van der Waals surface area contributed by atoms with Gasteiger partial charge in [0.2, 0.25) is 0 Å². The lowest BCUT2D eigenvalue weighted by Crippen LogP contribution is -1.87. The first-order chi connectivity index (χ1) is 7.72. The third-order valence-electron chi connectivity index (χ3n) is 2.44. The zero-order chi connectivity index (χ0) is 11.8. The summed E-state index contributed by atoms with van der Waals surface area (Å²) >= 11 is 0. The summed E-state index contributed by atoms with van der Waals surface area (Å²) in [6.45, 7) is 2.96. The molecule has 0 fully saturated rings. The highest BCUT2D eigenvalue weighted by Crippen LogP contribution is 2.26. The van der Waals surface area contributed by atoms with Crippen LogP contribution in [0.3, 0.4) is 0 Å². The van der Waals surface area contributed by atoms with Gasteiger partial charge in [0.1, 0.15) is 0 Å². The zero-order valence-corrected chi connectivity index (χ0v) is 9.45. The molecule has 0 aromatic heterocycles. The molecule has 3 heteroatoms. The Labute approximate surface area is 96.1 Å². The van der Waals surface area contributed by atoms with Crippen LogP contribution in [0, 0.1) is 0 Å². The number of hydrogen-bond donors (Lipinski definition) is 1. The van der Waals surface area contributed by atoms with Crippen molar-refractivity contribution in [2.45, 2.75) is 38.5 Å². The van der Waals surface area contributed by atoms with Crippen LogP contribution in [0.15, 0.2) is 36.3 Å². The Kier molecular flexibility index (Phi) is 5.40. The normalized spacial score (nSPS) is 18.0. The molecule has 0 unspecified atom stereocenters. The maximum absolute atomic E-state index is 9.25.